The van der Waals surface area contributed by atoms with Gasteiger partial charge in [0.2, 0.25) is 0 Å². The second kappa shape index (κ2) is 7.51. The van der Waals surface area contributed by atoms with Crippen molar-refractivity contribution in [3.05, 3.63) is 41.6 Å². The van der Waals surface area contributed by atoms with Crippen molar-refractivity contribution in [1.82, 2.24) is 14.9 Å². The highest BCUT2D eigenvalue weighted by Crippen LogP contribution is 2.32. The van der Waals surface area contributed by atoms with E-state index in [9.17, 15) is 4.79 Å². The van der Waals surface area contributed by atoms with Crippen LogP contribution in [0.3, 0.4) is 0 Å². The molecule has 1 atom stereocenters. The predicted octanol–water partition coefficient (Wildman–Crippen LogP) is 2.46. The number of amides is 1. The zero-order valence-electron chi connectivity index (χ0n) is 16.1. The molecule has 0 bridgehead atoms. The zero-order valence-corrected chi connectivity index (χ0v) is 16.1. The van der Waals surface area contributed by atoms with E-state index in [2.05, 4.69) is 17.0 Å². The molecule has 0 spiro atoms. The van der Waals surface area contributed by atoms with Gasteiger partial charge in [-0.2, -0.15) is 0 Å². The van der Waals surface area contributed by atoms with Gasteiger partial charge in [0.15, 0.2) is 5.82 Å². The maximum Gasteiger partial charge on any atom is 0.251 e. The summed E-state index contributed by atoms with van der Waals surface area (Å²) in [5.74, 6) is 2.05. The lowest BCUT2D eigenvalue weighted by molar-refractivity contribution is -0.141. The number of anilines is 1. The van der Waals surface area contributed by atoms with E-state index in [0.717, 1.165) is 75.5 Å². The first-order valence-electron chi connectivity index (χ1n) is 10.4. The summed E-state index contributed by atoms with van der Waals surface area (Å²) < 4.78 is 5.58. The molecule has 0 radical (unpaired) electrons. The molecule has 1 aromatic carbocycles. The number of rotatable bonds is 3. The molecule has 6 heteroatoms. The molecule has 2 aliphatic heterocycles. The van der Waals surface area contributed by atoms with Gasteiger partial charge in [-0.05, 0) is 32.1 Å². The van der Waals surface area contributed by atoms with Crippen molar-refractivity contribution in [3.63, 3.8) is 0 Å². The van der Waals surface area contributed by atoms with Gasteiger partial charge in [0, 0.05) is 49.6 Å². The molecule has 5 rings (SSSR count). The Morgan fingerprint density at radius 2 is 1.82 bits per heavy atom. The van der Waals surface area contributed by atoms with Crippen LogP contribution in [0.4, 0.5) is 5.82 Å². The Hall–Kier alpha value is -2.47. The second-order valence-corrected chi connectivity index (χ2v) is 7.83. The van der Waals surface area contributed by atoms with Crippen molar-refractivity contribution >= 4 is 11.7 Å². The first-order valence-corrected chi connectivity index (χ1v) is 10.4. The van der Waals surface area contributed by atoms with Gasteiger partial charge < -0.3 is 14.5 Å². The Balaban J connectivity index is 1.36. The molecule has 2 aromatic rings. The number of aryl methyl sites for hydroxylation is 1. The van der Waals surface area contributed by atoms with Crippen LogP contribution in [0, 0.1) is 0 Å². The standard InChI is InChI=1S/C22H26N4O2/c27-22(19-10-5-15-28-19)26-13-11-25(12-14-26)21-17-8-4-9-18(17)23-20(24-21)16-6-2-1-3-7-16/h1-3,6-7,19H,4-5,8-15H2. The van der Waals surface area contributed by atoms with E-state index in [4.69, 9.17) is 14.7 Å². The Morgan fingerprint density at radius 3 is 2.57 bits per heavy atom. The summed E-state index contributed by atoms with van der Waals surface area (Å²) in [5, 5.41) is 0. The van der Waals surface area contributed by atoms with E-state index >= 15 is 0 Å². The van der Waals surface area contributed by atoms with Crippen molar-refractivity contribution in [2.45, 2.75) is 38.2 Å². The van der Waals surface area contributed by atoms with Gasteiger partial charge in [-0.3, -0.25) is 4.79 Å². The third kappa shape index (κ3) is 3.26. The van der Waals surface area contributed by atoms with Gasteiger partial charge in [-0.1, -0.05) is 30.3 Å². The average molecular weight is 378 g/mol. The van der Waals surface area contributed by atoms with E-state index in [-0.39, 0.29) is 12.0 Å². The van der Waals surface area contributed by atoms with Crippen LogP contribution in [0.25, 0.3) is 11.4 Å². The van der Waals surface area contributed by atoms with Crippen LogP contribution in [0.15, 0.2) is 30.3 Å². The van der Waals surface area contributed by atoms with Gasteiger partial charge in [0.1, 0.15) is 11.9 Å². The summed E-state index contributed by atoms with van der Waals surface area (Å²) >= 11 is 0. The van der Waals surface area contributed by atoms with Gasteiger partial charge in [0.05, 0.1) is 0 Å². The van der Waals surface area contributed by atoms with Crippen LogP contribution in [0.5, 0.6) is 0 Å². The first-order chi connectivity index (χ1) is 13.8. The van der Waals surface area contributed by atoms with E-state index in [1.807, 2.05) is 23.1 Å². The Morgan fingerprint density at radius 1 is 1.00 bits per heavy atom. The summed E-state index contributed by atoms with van der Waals surface area (Å²) in [6.07, 6.45) is 4.86. The van der Waals surface area contributed by atoms with Crippen molar-refractivity contribution in [2.24, 2.45) is 0 Å². The summed E-state index contributed by atoms with van der Waals surface area (Å²) in [5.41, 5.74) is 3.56. The van der Waals surface area contributed by atoms with E-state index in [1.54, 1.807) is 0 Å². The maximum atomic E-state index is 12.6. The minimum absolute atomic E-state index is 0.162. The normalized spacial score (nSPS) is 21.8. The lowest BCUT2D eigenvalue weighted by Crippen LogP contribution is -2.51. The summed E-state index contributed by atoms with van der Waals surface area (Å²) in [4.78, 5) is 26.8. The number of fused-ring (bicyclic) bond motifs is 1. The molecule has 2 saturated heterocycles. The smallest absolute Gasteiger partial charge is 0.251 e. The monoisotopic (exact) mass is 378 g/mol. The quantitative estimate of drug-likeness (QED) is 0.821. The summed E-state index contributed by atoms with van der Waals surface area (Å²) in [7, 11) is 0. The number of aromatic nitrogens is 2. The minimum atomic E-state index is -0.223. The van der Waals surface area contributed by atoms with Gasteiger partial charge in [0.25, 0.3) is 5.91 Å². The molecule has 1 unspecified atom stereocenters. The van der Waals surface area contributed by atoms with Crippen molar-refractivity contribution in [3.8, 4) is 11.4 Å². The third-order valence-corrected chi connectivity index (χ3v) is 6.04. The van der Waals surface area contributed by atoms with E-state index in [1.165, 1.54) is 11.3 Å². The molecular weight excluding hydrogens is 352 g/mol. The molecule has 1 aliphatic carbocycles. The lowest BCUT2D eigenvalue weighted by atomic mass is 10.1. The maximum absolute atomic E-state index is 12.6. The largest absolute Gasteiger partial charge is 0.368 e. The van der Waals surface area contributed by atoms with Crippen LogP contribution in [0.1, 0.15) is 30.5 Å². The minimum Gasteiger partial charge on any atom is -0.368 e. The highest BCUT2D eigenvalue weighted by atomic mass is 16.5. The van der Waals surface area contributed by atoms with Gasteiger partial charge in [-0.15, -0.1) is 0 Å². The van der Waals surface area contributed by atoms with E-state index in [0.29, 0.717) is 6.61 Å². The summed E-state index contributed by atoms with van der Waals surface area (Å²) in [6.45, 7) is 3.81. The molecule has 0 saturated carbocycles. The van der Waals surface area contributed by atoms with Crippen LogP contribution < -0.4 is 4.90 Å². The Bertz CT molecular complexity index is 856. The Labute approximate surface area is 165 Å². The zero-order chi connectivity index (χ0) is 18.9. The first kappa shape index (κ1) is 17.6. The fourth-order valence-electron chi connectivity index (χ4n) is 4.51. The predicted molar refractivity (Wildman–Crippen MR) is 107 cm³/mol. The second-order valence-electron chi connectivity index (χ2n) is 7.83. The fourth-order valence-corrected chi connectivity index (χ4v) is 4.51. The molecule has 1 amide bonds. The molecule has 0 N–H and O–H groups in total. The molecular formula is C22H26N4O2. The fraction of sp³-hybridized carbons (Fsp3) is 0.500. The number of carbonyl (C=O) groups excluding carboxylic acids is 1. The number of hydrogen-bond acceptors (Lipinski definition) is 5. The highest BCUT2D eigenvalue weighted by molar-refractivity contribution is 5.81. The van der Waals surface area contributed by atoms with E-state index < -0.39 is 0 Å². The molecule has 146 valence electrons. The molecule has 1 aromatic heterocycles. The SMILES string of the molecule is O=C(C1CCCO1)N1CCN(c2nc(-c3ccccc3)nc3c2CCC3)CC1. The molecule has 28 heavy (non-hydrogen) atoms. The van der Waals surface area contributed by atoms with Crippen LogP contribution >= 0.6 is 0 Å². The van der Waals surface area contributed by atoms with Crippen molar-refractivity contribution in [1.29, 1.82) is 0 Å². The van der Waals surface area contributed by atoms with Crippen molar-refractivity contribution in [2.75, 3.05) is 37.7 Å². The topological polar surface area (TPSA) is 58.6 Å². The lowest BCUT2D eigenvalue weighted by Gasteiger charge is -2.37. The molecule has 6 nitrogen and oxygen atoms in total. The third-order valence-electron chi connectivity index (χ3n) is 6.04. The van der Waals surface area contributed by atoms with Crippen LogP contribution in [-0.2, 0) is 22.4 Å². The van der Waals surface area contributed by atoms with Gasteiger partial charge >= 0.3 is 0 Å². The number of benzene rings is 1. The number of nitrogens with zero attached hydrogens (tertiary/aromatic N) is 4. The number of carbonyl (C=O) groups is 1. The summed E-state index contributed by atoms with van der Waals surface area (Å²) in [6, 6.07) is 10.2. The average Bonchev–Trinajstić information content (AvgIpc) is 3.45. The number of ether oxygens (including phenoxy) is 1. The molecule has 3 heterocycles. The number of hydrogen-bond donors (Lipinski definition) is 0. The van der Waals surface area contributed by atoms with Crippen molar-refractivity contribution < 1.29 is 9.53 Å². The number of piperazine rings is 1. The van der Waals surface area contributed by atoms with Crippen LogP contribution in [0.2, 0.25) is 0 Å². The van der Waals surface area contributed by atoms with Crippen LogP contribution in [-0.4, -0.2) is 59.7 Å². The van der Waals surface area contributed by atoms with Gasteiger partial charge in [-0.25, -0.2) is 9.97 Å². The highest BCUT2D eigenvalue weighted by Gasteiger charge is 2.32. The Kier molecular flexibility index (Phi) is 4.72. The molecule has 3 aliphatic rings. The molecule has 2 fully saturated rings.